The van der Waals surface area contributed by atoms with E-state index in [0.717, 1.165) is 24.9 Å². The number of hydrogen-bond acceptors (Lipinski definition) is 7. The molecule has 3 heterocycles. The lowest BCUT2D eigenvalue weighted by Gasteiger charge is -2.26. The van der Waals surface area contributed by atoms with E-state index in [0.29, 0.717) is 54.6 Å². The summed E-state index contributed by atoms with van der Waals surface area (Å²) in [5.74, 6) is -0.490. The van der Waals surface area contributed by atoms with E-state index in [1.54, 1.807) is 4.90 Å². The van der Waals surface area contributed by atoms with E-state index in [9.17, 15) is 14.7 Å². The van der Waals surface area contributed by atoms with Crippen LogP contribution in [-0.4, -0.2) is 76.4 Å². The number of aliphatic hydroxyl groups is 1. The van der Waals surface area contributed by atoms with Gasteiger partial charge in [0.25, 0.3) is 11.7 Å². The summed E-state index contributed by atoms with van der Waals surface area (Å²) in [6, 6.07) is 8.52. The molecule has 1 N–H and O–H groups in total. The molecule has 1 aliphatic heterocycles. The largest absolute Gasteiger partial charge is 0.505 e. The third-order valence-corrected chi connectivity index (χ3v) is 7.19. The quantitative estimate of drug-likeness (QED) is 0.149. The summed E-state index contributed by atoms with van der Waals surface area (Å²) in [6.45, 7) is 9.86. The van der Waals surface area contributed by atoms with Crippen LogP contribution in [0, 0.1) is 13.8 Å². The van der Waals surface area contributed by atoms with E-state index >= 15 is 0 Å². The second kappa shape index (κ2) is 12.6. The van der Waals surface area contributed by atoms with Crippen LogP contribution >= 0.6 is 0 Å². The first-order chi connectivity index (χ1) is 19.2. The van der Waals surface area contributed by atoms with E-state index in [4.69, 9.17) is 9.47 Å². The summed E-state index contributed by atoms with van der Waals surface area (Å²) >= 11 is 0. The highest BCUT2D eigenvalue weighted by atomic mass is 16.5. The van der Waals surface area contributed by atoms with E-state index in [2.05, 4.69) is 11.9 Å². The van der Waals surface area contributed by atoms with Crippen molar-refractivity contribution >= 4 is 23.1 Å². The molecule has 1 aromatic carbocycles. The predicted octanol–water partition coefficient (Wildman–Crippen LogP) is 4.90. The van der Waals surface area contributed by atoms with Gasteiger partial charge in [-0.1, -0.05) is 25.5 Å². The van der Waals surface area contributed by atoms with Crippen LogP contribution in [0.15, 0.2) is 42.1 Å². The Morgan fingerprint density at radius 2 is 1.85 bits per heavy atom. The fourth-order valence-corrected chi connectivity index (χ4v) is 5.10. The van der Waals surface area contributed by atoms with Gasteiger partial charge in [0.05, 0.1) is 30.5 Å². The van der Waals surface area contributed by atoms with Crippen LogP contribution in [0.25, 0.3) is 11.4 Å². The number of Topliss-reactive ketones (excluding diaryl/α,β-unsaturated/α-hetero) is 1. The van der Waals surface area contributed by atoms with Crippen LogP contribution in [-0.2, 0) is 9.59 Å². The number of nitrogens with zero attached hydrogens (tertiary/aromatic N) is 4. The first-order valence-electron chi connectivity index (χ1n) is 14.0. The minimum atomic E-state index is -0.795. The molecule has 9 nitrogen and oxygen atoms in total. The molecule has 0 aliphatic carbocycles. The van der Waals surface area contributed by atoms with Gasteiger partial charge >= 0.3 is 0 Å². The molecule has 0 bridgehead atoms. The normalized spacial score (nSPS) is 16.9. The summed E-state index contributed by atoms with van der Waals surface area (Å²) in [4.78, 5) is 35.2. The Labute approximate surface area is 236 Å². The van der Waals surface area contributed by atoms with Gasteiger partial charge in [-0.3, -0.25) is 9.59 Å². The van der Waals surface area contributed by atoms with Crippen LogP contribution in [0.4, 0.5) is 0 Å². The fourth-order valence-electron chi connectivity index (χ4n) is 5.10. The Balaban J connectivity index is 1.86. The number of likely N-dealkylation sites (tertiary alicyclic amines) is 1. The summed E-state index contributed by atoms with van der Waals surface area (Å²) in [7, 11) is 3.93. The zero-order valence-electron chi connectivity index (χ0n) is 24.4. The number of hydrogen-bond donors (Lipinski definition) is 1. The smallest absolute Gasteiger partial charge is 0.295 e. The van der Waals surface area contributed by atoms with Crippen molar-refractivity contribution in [1.82, 2.24) is 19.2 Å². The summed E-state index contributed by atoms with van der Waals surface area (Å²) < 4.78 is 13.7. The molecule has 3 aromatic rings. The molecule has 1 unspecified atom stereocenters. The second-order valence-electron chi connectivity index (χ2n) is 10.4. The zero-order valence-corrected chi connectivity index (χ0v) is 24.4. The van der Waals surface area contributed by atoms with Gasteiger partial charge in [0.15, 0.2) is 17.3 Å². The predicted molar refractivity (Wildman–Crippen MR) is 155 cm³/mol. The van der Waals surface area contributed by atoms with Gasteiger partial charge in [-0.15, -0.1) is 0 Å². The van der Waals surface area contributed by atoms with Gasteiger partial charge < -0.3 is 28.8 Å². The van der Waals surface area contributed by atoms with E-state index in [1.807, 2.05) is 80.7 Å². The average molecular weight is 549 g/mol. The molecule has 40 heavy (non-hydrogen) atoms. The fraction of sp³-hybridized carbons (Fsp3) is 0.452. The standard InChI is InChI=1S/C31H40N4O5/c1-7-9-18-40-23-14-13-22(19-24(23)39-8-2)27-25(29(37)31(38)35(27)17-11-15-33(5)6)28(36)26-21(4)34-16-10-12-20(3)30(34)32-26/h10,12-14,16,19,27,36H,7-9,11,15,17-18H2,1-6H3/b28-25+. The Morgan fingerprint density at radius 1 is 1.07 bits per heavy atom. The average Bonchev–Trinajstić information content (AvgIpc) is 3.39. The van der Waals surface area contributed by atoms with Gasteiger partial charge in [-0.2, -0.15) is 0 Å². The maximum atomic E-state index is 13.5. The van der Waals surface area contributed by atoms with Crippen LogP contribution in [0.2, 0.25) is 0 Å². The first-order valence-corrected chi connectivity index (χ1v) is 14.0. The summed E-state index contributed by atoms with van der Waals surface area (Å²) in [5, 5.41) is 11.7. The monoisotopic (exact) mass is 548 g/mol. The molecule has 2 aromatic heterocycles. The highest BCUT2D eigenvalue weighted by Crippen LogP contribution is 2.42. The Kier molecular flexibility index (Phi) is 9.14. The van der Waals surface area contributed by atoms with E-state index in [-0.39, 0.29) is 17.0 Å². The number of unbranched alkanes of at least 4 members (excludes halogenated alkanes) is 1. The Bertz CT molecular complexity index is 1420. The number of aliphatic hydroxyl groups excluding tert-OH is 1. The van der Waals surface area contributed by atoms with Crippen molar-refractivity contribution in [2.75, 3.05) is 40.4 Å². The van der Waals surface area contributed by atoms with Gasteiger partial charge in [-0.25, -0.2) is 4.98 Å². The summed E-state index contributed by atoms with van der Waals surface area (Å²) in [5.41, 5.74) is 3.28. The van der Waals surface area contributed by atoms with Crippen molar-refractivity contribution in [2.24, 2.45) is 0 Å². The lowest BCUT2D eigenvalue weighted by atomic mass is 9.96. The third-order valence-electron chi connectivity index (χ3n) is 7.19. The lowest BCUT2D eigenvalue weighted by molar-refractivity contribution is -0.139. The maximum absolute atomic E-state index is 13.5. The number of ketones is 1. The topological polar surface area (TPSA) is 96.6 Å². The molecule has 0 radical (unpaired) electrons. The van der Waals surface area contributed by atoms with Crippen molar-refractivity contribution in [2.45, 2.75) is 53.0 Å². The first kappa shape index (κ1) is 29.1. The molecule has 0 spiro atoms. The number of imidazole rings is 1. The van der Waals surface area contributed by atoms with Gasteiger partial charge in [0.1, 0.15) is 11.3 Å². The van der Waals surface area contributed by atoms with Crippen molar-refractivity contribution in [1.29, 1.82) is 0 Å². The summed E-state index contributed by atoms with van der Waals surface area (Å²) in [6.07, 6.45) is 4.45. The van der Waals surface area contributed by atoms with Crippen LogP contribution in [0.3, 0.4) is 0 Å². The minimum absolute atomic E-state index is 0.0288. The van der Waals surface area contributed by atoms with Crippen molar-refractivity contribution < 1.29 is 24.2 Å². The number of fused-ring (bicyclic) bond motifs is 1. The molecule has 214 valence electrons. The molecule has 1 atom stereocenters. The SMILES string of the molecule is CCCCOc1ccc(C2/C(=C(\O)c3nc4c(C)cccn4c3C)C(=O)C(=O)N2CCCN(C)C)cc1OCC. The highest BCUT2D eigenvalue weighted by Gasteiger charge is 2.46. The zero-order chi connectivity index (χ0) is 29.0. The number of aryl methyl sites for hydroxylation is 2. The van der Waals surface area contributed by atoms with Crippen molar-refractivity contribution in [3.05, 3.63) is 64.6 Å². The van der Waals surface area contributed by atoms with Crippen LogP contribution in [0.1, 0.15) is 61.7 Å². The van der Waals surface area contributed by atoms with E-state index in [1.165, 1.54) is 0 Å². The molecule has 1 amide bonds. The van der Waals surface area contributed by atoms with E-state index < -0.39 is 17.7 Å². The maximum Gasteiger partial charge on any atom is 0.295 e. The van der Waals surface area contributed by atoms with Crippen LogP contribution < -0.4 is 9.47 Å². The van der Waals surface area contributed by atoms with Gasteiger partial charge in [0, 0.05) is 12.7 Å². The molecule has 9 heteroatoms. The number of benzene rings is 1. The number of amides is 1. The molecule has 4 rings (SSSR count). The van der Waals surface area contributed by atoms with Crippen molar-refractivity contribution in [3.63, 3.8) is 0 Å². The van der Waals surface area contributed by atoms with Crippen LogP contribution in [0.5, 0.6) is 11.5 Å². The third kappa shape index (κ3) is 5.70. The molecular formula is C31H40N4O5. The lowest BCUT2D eigenvalue weighted by Crippen LogP contribution is -2.32. The molecule has 0 saturated carbocycles. The minimum Gasteiger partial charge on any atom is -0.505 e. The highest BCUT2D eigenvalue weighted by molar-refractivity contribution is 6.46. The number of aromatic nitrogens is 2. The van der Waals surface area contributed by atoms with Gasteiger partial charge in [-0.05, 0) is 83.6 Å². The number of pyridine rings is 1. The Morgan fingerprint density at radius 3 is 2.52 bits per heavy atom. The Hall–Kier alpha value is -3.85. The number of ether oxygens (including phenoxy) is 2. The van der Waals surface area contributed by atoms with Gasteiger partial charge in [0.2, 0.25) is 0 Å². The number of carbonyl (C=O) groups excluding carboxylic acids is 2. The number of rotatable bonds is 12. The van der Waals surface area contributed by atoms with Crippen molar-refractivity contribution in [3.8, 4) is 11.5 Å². The molecule has 1 saturated heterocycles. The number of carbonyl (C=O) groups is 2. The molecule has 1 aliphatic rings. The second-order valence-corrected chi connectivity index (χ2v) is 10.4. The molecular weight excluding hydrogens is 508 g/mol. The molecule has 1 fully saturated rings.